The Hall–Kier alpha value is -0.907. The molecule has 5 heteroatoms. The van der Waals surface area contributed by atoms with Gasteiger partial charge in [-0.05, 0) is 0 Å². The van der Waals surface area contributed by atoms with E-state index in [1.54, 1.807) is 0 Å². The fraction of sp³-hybridized carbons (Fsp3) is 0.615. The van der Waals surface area contributed by atoms with Crippen molar-refractivity contribution in [3.8, 4) is 0 Å². The summed E-state index contributed by atoms with van der Waals surface area (Å²) in [7, 11) is 0. The zero-order valence-electron chi connectivity index (χ0n) is 11.6. The standard InChI is InChI=1S/C13H22GeO4/c1-5-15-11-9-10-14(18-8-4)13(17-7-3)12(11)16-6-2/h9-10H,5-8H2,1-4H3. The number of rotatable bonds is 8. The molecule has 0 aliphatic carbocycles. The van der Waals surface area contributed by atoms with E-state index >= 15 is 0 Å². The molecule has 0 radical (unpaired) electrons. The second-order valence-electron chi connectivity index (χ2n) is 3.45. The molecule has 0 fully saturated rings. The number of hydrogen-bond donors (Lipinski definition) is 0. The first-order chi connectivity index (χ1) is 8.78. The first-order valence-electron chi connectivity index (χ1n) is 6.46. The Labute approximate surface area is 114 Å². The Morgan fingerprint density at radius 3 is 2.11 bits per heavy atom. The molecule has 0 N–H and O–H groups in total. The van der Waals surface area contributed by atoms with Crippen LogP contribution in [0.5, 0.6) is 0 Å². The summed E-state index contributed by atoms with van der Waals surface area (Å²) in [6, 6.07) is 0. The van der Waals surface area contributed by atoms with Crippen LogP contribution in [0.25, 0.3) is 0 Å². The van der Waals surface area contributed by atoms with E-state index in [2.05, 4.69) is 4.91 Å². The van der Waals surface area contributed by atoms with Crippen molar-refractivity contribution in [3.05, 3.63) is 22.5 Å². The molecule has 18 heavy (non-hydrogen) atoms. The minimum atomic E-state index is -1.95. The maximum atomic E-state index is 5.80. The van der Waals surface area contributed by atoms with Crippen molar-refractivity contribution in [3.63, 3.8) is 0 Å². The first kappa shape index (κ1) is 15.2. The molecule has 0 unspecified atom stereocenters. The van der Waals surface area contributed by atoms with Gasteiger partial charge in [0.05, 0.1) is 0 Å². The van der Waals surface area contributed by atoms with Gasteiger partial charge in [-0.2, -0.15) is 0 Å². The Morgan fingerprint density at radius 2 is 1.56 bits per heavy atom. The van der Waals surface area contributed by atoms with Crippen LogP contribution in [0.4, 0.5) is 0 Å². The Kier molecular flexibility index (Phi) is 6.94. The van der Waals surface area contributed by atoms with Gasteiger partial charge in [0.25, 0.3) is 0 Å². The van der Waals surface area contributed by atoms with Gasteiger partial charge in [-0.15, -0.1) is 0 Å². The first-order valence-corrected chi connectivity index (χ1v) is 9.58. The molecular weight excluding hydrogens is 293 g/mol. The molecule has 0 bridgehead atoms. The summed E-state index contributed by atoms with van der Waals surface area (Å²) in [5.41, 5.74) is 0. The summed E-state index contributed by atoms with van der Waals surface area (Å²) in [4.78, 5) is 2.10. The van der Waals surface area contributed by atoms with E-state index in [-0.39, 0.29) is 0 Å². The summed E-state index contributed by atoms with van der Waals surface area (Å²) in [5.74, 6) is 1.48. The second kappa shape index (κ2) is 8.24. The van der Waals surface area contributed by atoms with Crippen molar-refractivity contribution >= 4 is 18.8 Å². The van der Waals surface area contributed by atoms with E-state index in [0.717, 1.165) is 16.1 Å². The van der Waals surface area contributed by atoms with E-state index in [1.165, 1.54) is 0 Å². The Morgan fingerprint density at radius 1 is 0.889 bits per heavy atom. The Bertz CT molecular complexity index is 324. The molecule has 102 valence electrons. The molecule has 0 spiro atoms. The molecule has 0 aromatic carbocycles. The van der Waals surface area contributed by atoms with Crippen molar-refractivity contribution in [2.45, 2.75) is 27.7 Å². The fourth-order valence-corrected chi connectivity index (χ4v) is 5.19. The van der Waals surface area contributed by atoms with Crippen LogP contribution < -0.4 is 0 Å². The third-order valence-corrected chi connectivity index (χ3v) is 6.18. The summed E-state index contributed by atoms with van der Waals surface area (Å²) < 4.78 is 23.7. The third kappa shape index (κ3) is 3.80. The molecule has 0 amide bonds. The van der Waals surface area contributed by atoms with E-state index in [4.69, 9.17) is 18.0 Å². The average Bonchev–Trinajstić information content (AvgIpc) is 2.37. The van der Waals surface area contributed by atoms with Crippen LogP contribution in [0.2, 0.25) is 0 Å². The molecular formula is C13H22GeO4. The van der Waals surface area contributed by atoms with E-state index < -0.39 is 14.2 Å². The molecule has 1 aliphatic heterocycles. The summed E-state index contributed by atoms with van der Waals surface area (Å²) in [6.07, 6.45) is 1.96. The maximum absolute atomic E-state index is 5.80. The van der Waals surface area contributed by atoms with Crippen LogP contribution in [-0.4, -0.2) is 45.2 Å². The van der Waals surface area contributed by atoms with Crippen molar-refractivity contribution in [2.24, 2.45) is 0 Å². The molecule has 1 heterocycles. The normalized spacial score (nSPS) is 14.9. The molecule has 0 aromatic rings. The minimum absolute atomic E-state index is 0.591. The van der Waals surface area contributed by atoms with Crippen molar-refractivity contribution < 1.29 is 18.0 Å². The molecule has 1 aliphatic rings. The molecule has 4 nitrogen and oxygen atoms in total. The van der Waals surface area contributed by atoms with Gasteiger partial charge in [-0.3, -0.25) is 0 Å². The van der Waals surface area contributed by atoms with E-state index in [1.807, 2.05) is 33.8 Å². The van der Waals surface area contributed by atoms with Gasteiger partial charge >= 0.3 is 113 Å². The van der Waals surface area contributed by atoms with Gasteiger partial charge < -0.3 is 0 Å². The van der Waals surface area contributed by atoms with Crippen molar-refractivity contribution in [1.29, 1.82) is 0 Å². The zero-order chi connectivity index (χ0) is 13.4. The topological polar surface area (TPSA) is 36.9 Å². The average molecular weight is 315 g/mol. The summed E-state index contributed by atoms with van der Waals surface area (Å²) >= 11 is -1.95. The van der Waals surface area contributed by atoms with Gasteiger partial charge in [0.2, 0.25) is 0 Å². The van der Waals surface area contributed by atoms with Crippen molar-refractivity contribution in [2.75, 3.05) is 26.4 Å². The summed E-state index contributed by atoms with van der Waals surface area (Å²) in [5, 5.41) is 0. The molecule has 1 rings (SSSR count). The van der Waals surface area contributed by atoms with Gasteiger partial charge in [0.1, 0.15) is 0 Å². The monoisotopic (exact) mass is 316 g/mol. The molecule has 0 atom stereocenters. The second-order valence-corrected chi connectivity index (χ2v) is 7.24. The third-order valence-electron chi connectivity index (χ3n) is 2.22. The zero-order valence-corrected chi connectivity index (χ0v) is 13.7. The van der Waals surface area contributed by atoms with Gasteiger partial charge in [0.15, 0.2) is 0 Å². The fourth-order valence-electron chi connectivity index (χ4n) is 1.63. The quantitative estimate of drug-likeness (QED) is 0.643. The van der Waals surface area contributed by atoms with Gasteiger partial charge in [-0.1, -0.05) is 0 Å². The van der Waals surface area contributed by atoms with Gasteiger partial charge in [0, 0.05) is 0 Å². The Balaban J connectivity index is 3.11. The van der Waals surface area contributed by atoms with Crippen LogP contribution in [0.1, 0.15) is 27.7 Å². The number of allylic oxidation sites excluding steroid dienone is 1. The molecule has 0 saturated carbocycles. The van der Waals surface area contributed by atoms with Crippen LogP contribution in [0, 0.1) is 0 Å². The van der Waals surface area contributed by atoms with E-state index in [0.29, 0.717) is 26.4 Å². The van der Waals surface area contributed by atoms with Crippen molar-refractivity contribution in [1.82, 2.24) is 0 Å². The van der Waals surface area contributed by atoms with Crippen LogP contribution >= 0.6 is 0 Å². The van der Waals surface area contributed by atoms with Crippen LogP contribution in [-0.2, 0) is 18.0 Å². The SMILES string of the molecule is CCOC1=C(OCC)[C](OCC)=[Ge]([O]CC)[CH]=C1. The predicted molar refractivity (Wildman–Crippen MR) is 73.4 cm³/mol. The summed E-state index contributed by atoms with van der Waals surface area (Å²) in [6.45, 7) is 10.4. The molecule has 0 saturated heterocycles. The predicted octanol–water partition coefficient (Wildman–Crippen LogP) is 2.16. The van der Waals surface area contributed by atoms with Crippen LogP contribution in [0.15, 0.2) is 22.5 Å². The van der Waals surface area contributed by atoms with Gasteiger partial charge in [-0.25, -0.2) is 0 Å². The van der Waals surface area contributed by atoms with E-state index in [9.17, 15) is 0 Å². The number of ether oxygens (including phenoxy) is 3. The van der Waals surface area contributed by atoms with Crippen LogP contribution in [0.3, 0.4) is 0 Å². The number of hydrogen-bond acceptors (Lipinski definition) is 4. The molecule has 0 aromatic heterocycles.